The van der Waals surface area contributed by atoms with Gasteiger partial charge in [-0.1, -0.05) is 12.1 Å². The highest BCUT2D eigenvalue weighted by atomic mass is 16.6. The van der Waals surface area contributed by atoms with Gasteiger partial charge in [0.1, 0.15) is 5.75 Å². The van der Waals surface area contributed by atoms with Gasteiger partial charge in [0, 0.05) is 13.0 Å². The van der Waals surface area contributed by atoms with Crippen molar-refractivity contribution < 1.29 is 19.6 Å². The zero-order valence-corrected chi connectivity index (χ0v) is 9.12. The second kappa shape index (κ2) is 5.64. The first kappa shape index (κ1) is 12.7. The third kappa shape index (κ3) is 4.33. The van der Waals surface area contributed by atoms with E-state index in [1.165, 1.54) is 13.0 Å². The van der Waals surface area contributed by atoms with Gasteiger partial charge in [0.25, 0.3) is 0 Å². The molecule has 0 heterocycles. The van der Waals surface area contributed by atoms with E-state index in [1.54, 1.807) is 24.3 Å². The Morgan fingerprint density at radius 2 is 2.06 bits per heavy atom. The first-order valence-corrected chi connectivity index (χ1v) is 4.76. The lowest BCUT2D eigenvalue weighted by Gasteiger charge is -2.02. The van der Waals surface area contributed by atoms with Crippen LogP contribution in [0.5, 0.6) is 5.75 Å². The number of nitro groups is 1. The summed E-state index contributed by atoms with van der Waals surface area (Å²) in [5.74, 6) is -0.651. The number of nitrogens with zero attached hydrogens (tertiary/aromatic N) is 1. The molecule has 90 valence electrons. The minimum atomic E-state index is -1.06. The Labute approximate surface area is 97.3 Å². The molecule has 0 aliphatic heterocycles. The van der Waals surface area contributed by atoms with Gasteiger partial charge in [0.2, 0.25) is 5.70 Å². The molecule has 0 saturated heterocycles. The third-order valence-electron chi connectivity index (χ3n) is 1.91. The molecule has 6 nitrogen and oxygen atoms in total. The van der Waals surface area contributed by atoms with Gasteiger partial charge in [-0.3, -0.25) is 10.1 Å². The fourth-order valence-corrected chi connectivity index (χ4v) is 1.10. The van der Waals surface area contributed by atoms with Gasteiger partial charge in [-0.25, -0.2) is 4.79 Å². The van der Waals surface area contributed by atoms with Crippen molar-refractivity contribution in [3.63, 3.8) is 0 Å². The topological polar surface area (TPSA) is 89.7 Å². The smallest absolute Gasteiger partial charge is 0.341 e. The Bertz CT molecular complexity index is 449. The predicted octanol–water partition coefficient (Wildman–Crippen LogP) is 1.79. The molecule has 0 bridgehead atoms. The summed E-state index contributed by atoms with van der Waals surface area (Å²) in [4.78, 5) is 20.2. The number of carboxylic acids is 1. The number of hydrogen-bond acceptors (Lipinski definition) is 4. The molecule has 0 aromatic heterocycles. The summed E-state index contributed by atoms with van der Waals surface area (Å²) in [7, 11) is 0. The maximum absolute atomic E-state index is 10.4. The van der Waals surface area contributed by atoms with E-state index in [2.05, 4.69) is 0 Å². The van der Waals surface area contributed by atoms with Crippen LogP contribution in [0, 0.1) is 10.1 Å². The van der Waals surface area contributed by atoms with E-state index in [1.807, 2.05) is 0 Å². The Morgan fingerprint density at radius 3 is 2.53 bits per heavy atom. The van der Waals surface area contributed by atoms with E-state index in [4.69, 9.17) is 9.84 Å². The van der Waals surface area contributed by atoms with Crippen LogP contribution in [0.25, 0.3) is 6.08 Å². The van der Waals surface area contributed by atoms with E-state index >= 15 is 0 Å². The Hall–Kier alpha value is -2.37. The normalized spacial score (nSPS) is 11.0. The number of aliphatic carboxylic acids is 1. The van der Waals surface area contributed by atoms with Gasteiger partial charge in [0.15, 0.2) is 6.61 Å². The zero-order chi connectivity index (χ0) is 12.8. The molecule has 0 unspecified atom stereocenters. The average molecular weight is 237 g/mol. The molecule has 0 atom stereocenters. The van der Waals surface area contributed by atoms with Crippen molar-refractivity contribution in [1.82, 2.24) is 0 Å². The largest absolute Gasteiger partial charge is 0.482 e. The second-order valence-electron chi connectivity index (χ2n) is 3.29. The summed E-state index contributed by atoms with van der Waals surface area (Å²) in [6, 6.07) is 6.35. The number of benzene rings is 1. The molecule has 0 fully saturated rings. The lowest BCUT2D eigenvalue weighted by atomic mass is 10.2. The molecule has 1 aromatic carbocycles. The number of hydrogen-bond donors (Lipinski definition) is 1. The first-order valence-electron chi connectivity index (χ1n) is 4.76. The summed E-state index contributed by atoms with van der Waals surface area (Å²) < 4.78 is 4.92. The van der Waals surface area contributed by atoms with Gasteiger partial charge in [-0.15, -0.1) is 0 Å². The number of allylic oxidation sites excluding steroid dienone is 1. The number of carboxylic acid groups (broad SMARTS) is 1. The van der Waals surface area contributed by atoms with Crippen LogP contribution in [0.15, 0.2) is 30.0 Å². The van der Waals surface area contributed by atoms with Gasteiger partial charge in [-0.05, 0) is 17.7 Å². The molecule has 0 amide bonds. The minimum Gasteiger partial charge on any atom is -0.482 e. The first-order chi connectivity index (χ1) is 7.99. The van der Waals surface area contributed by atoms with Crippen LogP contribution < -0.4 is 4.74 Å². The van der Waals surface area contributed by atoms with E-state index in [-0.39, 0.29) is 5.70 Å². The molecule has 1 N–H and O–H groups in total. The maximum Gasteiger partial charge on any atom is 0.341 e. The summed E-state index contributed by atoms with van der Waals surface area (Å²) >= 11 is 0. The molecular weight excluding hydrogens is 226 g/mol. The van der Waals surface area contributed by atoms with Crippen LogP contribution in [0.4, 0.5) is 0 Å². The Balaban J connectivity index is 2.71. The van der Waals surface area contributed by atoms with Crippen molar-refractivity contribution in [3.05, 3.63) is 45.6 Å². The third-order valence-corrected chi connectivity index (χ3v) is 1.91. The van der Waals surface area contributed by atoms with Crippen molar-refractivity contribution in [2.24, 2.45) is 0 Å². The van der Waals surface area contributed by atoms with E-state index in [0.29, 0.717) is 11.3 Å². The molecule has 0 aliphatic rings. The standard InChI is InChI=1S/C11H11NO5/c1-8(12(15)16)6-9-2-4-10(5-3-9)17-7-11(13)14/h2-6H,7H2,1H3,(H,13,14)/b8-6-. The van der Waals surface area contributed by atoms with Crippen molar-refractivity contribution in [1.29, 1.82) is 0 Å². The van der Waals surface area contributed by atoms with Crippen molar-refractivity contribution in [2.45, 2.75) is 6.92 Å². The van der Waals surface area contributed by atoms with Crippen LogP contribution in [0.2, 0.25) is 0 Å². The number of carbonyl (C=O) groups is 1. The van der Waals surface area contributed by atoms with E-state index < -0.39 is 17.5 Å². The molecule has 1 rings (SSSR count). The van der Waals surface area contributed by atoms with Crippen LogP contribution in [0.1, 0.15) is 12.5 Å². The SMILES string of the molecule is C/C(=C/c1ccc(OCC(=O)O)cc1)[N+](=O)[O-]. The van der Waals surface area contributed by atoms with Crippen molar-refractivity contribution >= 4 is 12.0 Å². The van der Waals surface area contributed by atoms with Gasteiger partial charge < -0.3 is 9.84 Å². The molecule has 17 heavy (non-hydrogen) atoms. The lowest BCUT2D eigenvalue weighted by molar-refractivity contribution is -0.422. The van der Waals surface area contributed by atoms with Crippen molar-refractivity contribution in [2.75, 3.05) is 6.61 Å². The predicted molar refractivity (Wildman–Crippen MR) is 60.2 cm³/mol. The van der Waals surface area contributed by atoms with Crippen LogP contribution in [0.3, 0.4) is 0 Å². The average Bonchev–Trinajstić information content (AvgIpc) is 2.28. The van der Waals surface area contributed by atoms with E-state index in [0.717, 1.165) is 0 Å². The van der Waals surface area contributed by atoms with Crippen LogP contribution >= 0.6 is 0 Å². The van der Waals surface area contributed by atoms with Crippen molar-refractivity contribution in [3.8, 4) is 5.75 Å². The summed E-state index contributed by atoms with van der Waals surface area (Å²) in [5, 5.41) is 18.8. The molecule has 0 aliphatic carbocycles. The highest BCUT2D eigenvalue weighted by Crippen LogP contribution is 2.14. The monoisotopic (exact) mass is 237 g/mol. The minimum absolute atomic E-state index is 0.0317. The van der Waals surface area contributed by atoms with Gasteiger partial charge in [0.05, 0.1) is 4.92 Å². The quantitative estimate of drug-likeness (QED) is 0.622. The number of ether oxygens (including phenoxy) is 1. The molecule has 0 spiro atoms. The van der Waals surface area contributed by atoms with Crippen LogP contribution in [-0.4, -0.2) is 22.6 Å². The fourth-order valence-electron chi connectivity index (χ4n) is 1.10. The maximum atomic E-state index is 10.4. The molecule has 6 heteroatoms. The van der Waals surface area contributed by atoms with Crippen LogP contribution in [-0.2, 0) is 4.79 Å². The summed E-state index contributed by atoms with van der Waals surface area (Å²) in [6.07, 6.45) is 1.42. The highest BCUT2D eigenvalue weighted by Gasteiger charge is 2.02. The second-order valence-corrected chi connectivity index (χ2v) is 3.29. The zero-order valence-electron chi connectivity index (χ0n) is 9.12. The lowest BCUT2D eigenvalue weighted by Crippen LogP contribution is -2.09. The molecule has 1 aromatic rings. The van der Waals surface area contributed by atoms with Gasteiger partial charge in [-0.2, -0.15) is 0 Å². The highest BCUT2D eigenvalue weighted by molar-refractivity contribution is 5.68. The summed E-state index contributed by atoms with van der Waals surface area (Å²) in [6.45, 7) is 0.984. The fraction of sp³-hybridized carbons (Fsp3) is 0.182. The van der Waals surface area contributed by atoms with Gasteiger partial charge >= 0.3 is 5.97 Å². The Morgan fingerprint density at radius 1 is 1.47 bits per heavy atom. The Kier molecular flexibility index (Phi) is 4.21. The molecule has 0 saturated carbocycles. The molecule has 0 radical (unpaired) electrons. The summed E-state index contributed by atoms with van der Waals surface area (Å²) in [5.41, 5.74) is 0.686. The molecular formula is C11H11NO5. The van der Waals surface area contributed by atoms with E-state index in [9.17, 15) is 14.9 Å². The number of rotatable bonds is 5.